The van der Waals surface area contributed by atoms with Gasteiger partial charge in [-0.25, -0.2) is 0 Å². The molecule has 0 spiro atoms. The van der Waals surface area contributed by atoms with E-state index in [1.807, 2.05) is 36.7 Å². The van der Waals surface area contributed by atoms with Crippen molar-refractivity contribution in [3.05, 3.63) is 44.8 Å². The van der Waals surface area contributed by atoms with E-state index in [1.54, 1.807) is 22.7 Å². The Hall–Kier alpha value is -1.17. The van der Waals surface area contributed by atoms with Crippen molar-refractivity contribution < 1.29 is 4.79 Å². The number of rotatable bonds is 5. The molecule has 2 aromatic rings. The van der Waals surface area contributed by atoms with Gasteiger partial charge in [0, 0.05) is 9.75 Å². The normalized spacial score (nSPS) is 11.9. The molecule has 96 valence electrons. The van der Waals surface area contributed by atoms with Crippen LogP contribution in [0.25, 0.3) is 0 Å². The van der Waals surface area contributed by atoms with Gasteiger partial charge in [-0.2, -0.15) is 0 Å². The molecule has 0 fully saturated rings. The molecule has 1 amide bonds. The molecule has 0 saturated carbocycles. The summed E-state index contributed by atoms with van der Waals surface area (Å²) in [4.78, 5) is 13.8. The van der Waals surface area contributed by atoms with E-state index in [1.165, 1.54) is 9.75 Å². The van der Waals surface area contributed by atoms with Crippen LogP contribution in [0.3, 0.4) is 0 Å². The van der Waals surface area contributed by atoms with Crippen LogP contribution in [0.5, 0.6) is 0 Å². The van der Waals surface area contributed by atoms with Crippen molar-refractivity contribution in [2.24, 2.45) is 5.73 Å². The molecule has 0 saturated heterocycles. The highest BCUT2D eigenvalue weighted by Gasteiger charge is 2.30. The number of nitrogens with two attached hydrogens (primary N) is 1. The predicted octanol–water partition coefficient (Wildman–Crippen LogP) is 2.75. The number of primary amides is 1. The Bertz CT molecular complexity index is 469. The molecular formula is C13H16N2OS2. The highest BCUT2D eigenvalue weighted by molar-refractivity contribution is 7.11. The van der Waals surface area contributed by atoms with Gasteiger partial charge in [0.05, 0.1) is 11.6 Å². The predicted molar refractivity (Wildman–Crippen MR) is 76.9 cm³/mol. The van der Waals surface area contributed by atoms with E-state index in [0.717, 1.165) is 0 Å². The minimum absolute atomic E-state index is 0.0208. The fourth-order valence-corrected chi connectivity index (χ4v) is 3.29. The molecule has 18 heavy (non-hydrogen) atoms. The van der Waals surface area contributed by atoms with Crippen LogP contribution < -0.4 is 11.1 Å². The summed E-state index contributed by atoms with van der Waals surface area (Å²) < 4.78 is 0. The maximum Gasteiger partial charge on any atom is 0.237 e. The maximum atomic E-state index is 11.5. The summed E-state index contributed by atoms with van der Waals surface area (Å²) in [6.07, 6.45) is 0. The second-order valence-electron chi connectivity index (χ2n) is 4.60. The largest absolute Gasteiger partial charge is 0.368 e. The van der Waals surface area contributed by atoms with Crippen LogP contribution in [-0.2, 0) is 4.79 Å². The number of amides is 1. The van der Waals surface area contributed by atoms with E-state index in [0.29, 0.717) is 0 Å². The van der Waals surface area contributed by atoms with Gasteiger partial charge in [-0.3, -0.25) is 10.1 Å². The van der Waals surface area contributed by atoms with E-state index < -0.39 is 5.54 Å². The van der Waals surface area contributed by atoms with Crippen molar-refractivity contribution in [1.82, 2.24) is 5.32 Å². The number of hydrogen-bond donors (Lipinski definition) is 2. The molecule has 2 aromatic heterocycles. The Morgan fingerprint density at radius 1 is 1.22 bits per heavy atom. The Labute approximate surface area is 115 Å². The fourth-order valence-electron chi connectivity index (χ4n) is 1.63. The number of hydrogen-bond acceptors (Lipinski definition) is 4. The monoisotopic (exact) mass is 280 g/mol. The summed E-state index contributed by atoms with van der Waals surface area (Å²) in [6, 6.07) is 8.18. The van der Waals surface area contributed by atoms with Gasteiger partial charge in [-0.15, -0.1) is 22.7 Å². The number of thiophene rings is 2. The third-order valence-electron chi connectivity index (χ3n) is 2.78. The van der Waals surface area contributed by atoms with Gasteiger partial charge in [-0.1, -0.05) is 12.1 Å². The topological polar surface area (TPSA) is 55.1 Å². The van der Waals surface area contributed by atoms with Crippen molar-refractivity contribution in [3.8, 4) is 0 Å². The molecule has 0 aliphatic carbocycles. The van der Waals surface area contributed by atoms with Crippen LogP contribution in [0, 0.1) is 0 Å². The van der Waals surface area contributed by atoms with Gasteiger partial charge in [-0.05, 0) is 36.7 Å². The zero-order valence-electron chi connectivity index (χ0n) is 10.3. The minimum atomic E-state index is -0.737. The molecule has 0 aromatic carbocycles. The van der Waals surface area contributed by atoms with Crippen LogP contribution in [0.15, 0.2) is 35.0 Å². The first-order chi connectivity index (χ1) is 8.50. The van der Waals surface area contributed by atoms with Gasteiger partial charge >= 0.3 is 0 Å². The first-order valence-electron chi connectivity index (χ1n) is 5.65. The number of carbonyl (C=O) groups excluding carboxylic acids is 1. The quantitative estimate of drug-likeness (QED) is 0.885. The van der Waals surface area contributed by atoms with Gasteiger partial charge in [0.25, 0.3) is 0 Å². The van der Waals surface area contributed by atoms with Crippen molar-refractivity contribution in [2.75, 3.05) is 0 Å². The highest BCUT2D eigenvalue weighted by atomic mass is 32.1. The first kappa shape index (κ1) is 13.3. The summed E-state index contributed by atoms with van der Waals surface area (Å²) in [5.41, 5.74) is 4.69. The van der Waals surface area contributed by atoms with Crippen LogP contribution >= 0.6 is 22.7 Å². The first-order valence-corrected chi connectivity index (χ1v) is 7.41. The third kappa shape index (κ3) is 2.80. The molecule has 0 unspecified atom stereocenters. The molecule has 0 aliphatic heterocycles. The van der Waals surface area contributed by atoms with Crippen molar-refractivity contribution in [3.63, 3.8) is 0 Å². The van der Waals surface area contributed by atoms with Gasteiger partial charge in [0.15, 0.2) is 0 Å². The lowest BCUT2D eigenvalue weighted by molar-refractivity contribution is -0.123. The van der Waals surface area contributed by atoms with Crippen LogP contribution in [-0.4, -0.2) is 11.4 Å². The molecule has 0 radical (unpaired) electrons. The van der Waals surface area contributed by atoms with E-state index in [4.69, 9.17) is 5.73 Å². The van der Waals surface area contributed by atoms with E-state index in [9.17, 15) is 4.79 Å². The summed E-state index contributed by atoms with van der Waals surface area (Å²) in [7, 11) is 0. The molecule has 3 nitrogen and oxygen atoms in total. The Morgan fingerprint density at radius 2 is 1.72 bits per heavy atom. The lowest BCUT2D eigenvalue weighted by Gasteiger charge is -2.28. The van der Waals surface area contributed by atoms with Gasteiger partial charge in [0.2, 0.25) is 5.91 Å². The standard InChI is InChI=1S/C13H16N2OS2/c1-13(2,12(14)16)15-11(9-5-3-7-17-9)10-6-4-8-18-10/h3-8,11,15H,1-2H3,(H2,14,16). The SMILES string of the molecule is CC(C)(NC(c1cccs1)c1cccs1)C(N)=O. The molecule has 2 heterocycles. The van der Waals surface area contributed by atoms with Crippen LogP contribution in [0.4, 0.5) is 0 Å². The van der Waals surface area contributed by atoms with E-state index in [-0.39, 0.29) is 11.9 Å². The Balaban J connectivity index is 2.30. The lowest BCUT2D eigenvalue weighted by atomic mass is 10.0. The second-order valence-corrected chi connectivity index (χ2v) is 6.56. The molecule has 0 atom stereocenters. The second kappa shape index (κ2) is 5.22. The highest BCUT2D eigenvalue weighted by Crippen LogP contribution is 2.30. The van der Waals surface area contributed by atoms with Crippen molar-refractivity contribution in [1.29, 1.82) is 0 Å². The number of nitrogens with one attached hydrogen (secondary N) is 1. The molecule has 3 N–H and O–H groups in total. The minimum Gasteiger partial charge on any atom is -0.368 e. The molecule has 2 rings (SSSR count). The summed E-state index contributed by atoms with van der Waals surface area (Å²) >= 11 is 3.35. The van der Waals surface area contributed by atoms with E-state index >= 15 is 0 Å². The van der Waals surface area contributed by atoms with Gasteiger partial charge < -0.3 is 5.73 Å². The van der Waals surface area contributed by atoms with Gasteiger partial charge in [0.1, 0.15) is 0 Å². The average molecular weight is 280 g/mol. The fraction of sp³-hybridized carbons (Fsp3) is 0.308. The zero-order valence-corrected chi connectivity index (χ0v) is 12.0. The summed E-state index contributed by atoms with van der Waals surface area (Å²) in [5, 5.41) is 7.42. The third-order valence-corrected chi connectivity index (χ3v) is 4.65. The zero-order chi connectivity index (χ0) is 13.2. The van der Waals surface area contributed by atoms with Crippen LogP contribution in [0.1, 0.15) is 29.6 Å². The van der Waals surface area contributed by atoms with Crippen molar-refractivity contribution in [2.45, 2.75) is 25.4 Å². The number of carbonyl (C=O) groups is 1. The molecule has 0 bridgehead atoms. The summed E-state index contributed by atoms with van der Waals surface area (Å²) in [5.74, 6) is -0.347. The van der Waals surface area contributed by atoms with Crippen LogP contribution in [0.2, 0.25) is 0 Å². The lowest BCUT2D eigenvalue weighted by Crippen LogP contribution is -2.51. The smallest absolute Gasteiger partial charge is 0.237 e. The molecule has 0 aliphatic rings. The van der Waals surface area contributed by atoms with Crippen molar-refractivity contribution >= 4 is 28.6 Å². The Morgan fingerprint density at radius 3 is 2.06 bits per heavy atom. The maximum absolute atomic E-state index is 11.5. The van der Waals surface area contributed by atoms with E-state index in [2.05, 4.69) is 17.4 Å². The molecular weight excluding hydrogens is 264 g/mol. The average Bonchev–Trinajstić information content (AvgIpc) is 2.99. The summed E-state index contributed by atoms with van der Waals surface area (Å²) in [6.45, 7) is 3.62. The Kier molecular flexibility index (Phi) is 3.85. The molecule has 5 heteroatoms.